The van der Waals surface area contributed by atoms with Crippen molar-refractivity contribution < 1.29 is 4.79 Å². The minimum atomic E-state index is -0.302. The fraction of sp³-hybridized carbons (Fsp3) is 0.286. The summed E-state index contributed by atoms with van der Waals surface area (Å²) in [6, 6.07) is 0. The maximum absolute atomic E-state index is 10.8. The van der Waals surface area contributed by atoms with E-state index in [4.69, 9.17) is 11.5 Å². The Morgan fingerprint density at radius 3 is 2.85 bits per heavy atom. The van der Waals surface area contributed by atoms with E-state index in [1.54, 1.807) is 0 Å². The second-order valence-electron chi connectivity index (χ2n) is 2.35. The van der Waals surface area contributed by atoms with Gasteiger partial charge in [-0.2, -0.15) is 0 Å². The zero-order chi connectivity index (χ0) is 9.68. The molecule has 0 bridgehead atoms. The van der Waals surface area contributed by atoms with Crippen molar-refractivity contribution >= 4 is 11.7 Å². The lowest BCUT2D eigenvalue weighted by molar-refractivity contribution is -0.114. The van der Waals surface area contributed by atoms with Gasteiger partial charge in [0.05, 0.1) is 18.4 Å². The Kier molecular flexibility index (Phi) is 3.30. The van der Waals surface area contributed by atoms with Crippen LogP contribution in [0.3, 0.4) is 0 Å². The lowest BCUT2D eigenvalue weighted by Crippen LogP contribution is -2.22. The number of hydrogen-bond donors (Lipinski definition) is 3. The van der Waals surface area contributed by atoms with Crippen molar-refractivity contribution in [1.29, 1.82) is 0 Å². The van der Waals surface area contributed by atoms with Gasteiger partial charge in [0, 0.05) is 12.7 Å². The topological polar surface area (TPSA) is 107 Å². The monoisotopic (exact) mass is 181 g/mol. The molecule has 1 heterocycles. The second-order valence-corrected chi connectivity index (χ2v) is 2.35. The molecule has 13 heavy (non-hydrogen) atoms. The van der Waals surface area contributed by atoms with E-state index in [0.717, 1.165) is 0 Å². The van der Waals surface area contributed by atoms with Crippen LogP contribution in [0.5, 0.6) is 0 Å². The van der Waals surface area contributed by atoms with E-state index in [1.165, 1.54) is 12.4 Å². The van der Waals surface area contributed by atoms with Crippen LogP contribution >= 0.6 is 0 Å². The third-order valence-electron chi connectivity index (χ3n) is 1.35. The van der Waals surface area contributed by atoms with Crippen molar-refractivity contribution in [1.82, 2.24) is 9.97 Å². The average molecular weight is 181 g/mol. The van der Waals surface area contributed by atoms with Crippen LogP contribution in [-0.2, 0) is 11.3 Å². The summed E-state index contributed by atoms with van der Waals surface area (Å²) in [7, 11) is 0. The van der Waals surface area contributed by atoms with Crippen LogP contribution < -0.4 is 16.8 Å². The molecule has 0 saturated carbocycles. The maximum atomic E-state index is 10.8. The van der Waals surface area contributed by atoms with Gasteiger partial charge in [0.15, 0.2) is 5.82 Å². The molecule has 1 aromatic rings. The number of hydrogen-bond acceptors (Lipinski definition) is 5. The van der Waals surface area contributed by atoms with E-state index in [9.17, 15) is 4.79 Å². The number of aromatic nitrogens is 2. The first-order chi connectivity index (χ1) is 6.26. The molecule has 1 amide bonds. The summed E-state index contributed by atoms with van der Waals surface area (Å²) in [5.41, 5.74) is 11.1. The Morgan fingerprint density at radius 1 is 1.46 bits per heavy atom. The van der Waals surface area contributed by atoms with Gasteiger partial charge in [-0.3, -0.25) is 9.78 Å². The maximum Gasteiger partial charge on any atom is 0.239 e. The van der Waals surface area contributed by atoms with Crippen molar-refractivity contribution in [3.05, 3.63) is 18.1 Å². The number of nitrogens with zero attached hydrogens (tertiary/aromatic N) is 2. The molecule has 1 rings (SSSR count). The van der Waals surface area contributed by atoms with E-state index in [2.05, 4.69) is 15.3 Å². The molecule has 5 N–H and O–H groups in total. The molecule has 70 valence electrons. The van der Waals surface area contributed by atoms with Crippen LogP contribution in [-0.4, -0.2) is 22.4 Å². The Balaban J connectivity index is 2.71. The SMILES string of the molecule is NCC(=O)Nc1cncc(CN)n1. The molecule has 0 unspecified atom stereocenters. The van der Waals surface area contributed by atoms with Gasteiger partial charge in [-0.1, -0.05) is 0 Å². The molecule has 0 aliphatic carbocycles. The largest absolute Gasteiger partial charge is 0.325 e. The fourth-order valence-electron chi connectivity index (χ4n) is 0.759. The van der Waals surface area contributed by atoms with Crippen molar-refractivity contribution in [3.8, 4) is 0 Å². The van der Waals surface area contributed by atoms with E-state index in [-0.39, 0.29) is 12.5 Å². The Labute approximate surface area is 75.4 Å². The molecular formula is C7H11N5O. The predicted octanol–water partition coefficient (Wildman–Crippen LogP) is -1.17. The lowest BCUT2D eigenvalue weighted by atomic mass is 10.4. The van der Waals surface area contributed by atoms with Gasteiger partial charge in [-0.25, -0.2) is 4.98 Å². The van der Waals surface area contributed by atoms with Gasteiger partial charge in [0.2, 0.25) is 5.91 Å². The normalized spacial score (nSPS) is 9.69. The standard InChI is InChI=1S/C7H11N5O/c8-1-5-3-10-4-6(11-5)12-7(13)2-9/h3-4H,1-2,8-9H2,(H,11,12,13). The highest BCUT2D eigenvalue weighted by Crippen LogP contribution is 2.00. The molecule has 0 atom stereocenters. The van der Waals surface area contributed by atoms with Crippen LogP contribution in [0.15, 0.2) is 12.4 Å². The molecule has 0 aromatic carbocycles. The van der Waals surface area contributed by atoms with Crippen LogP contribution in [0.2, 0.25) is 0 Å². The first-order valence-corrected chi connectivity index (χ1v) is 3.77. The van der Waals surface area contributed by atoms with Gasteiger partial charge in [-0.05, 0) is 0 Å². The molecule has 6 nitrogen and oxygen atoms in total. The van der Waals surface area contributed by atoms with Gasteiger partial charge >= 0.3 is 0 Å². The summed E-state index contributed by atoms with van der Waals surface area (Å²) < 4.78 is 0. The van der Waals surface area contributed by atoms with E-state index < -0.39 is 0 Å². The molecule has 1 aromatic heterocycles. The molecular weight excluding hydrogens is 170 g/mol. The number of rotatable bonds is 3. The minimum Gasteiger partial charge on any atom is -0.325 e. The van der Waals surface area contributed by atoms with Crippen molar-refractivity contribution in [2.24, 2.45) is 11.5 Å². The zero-order valence-corrected chi connectivity index (χ0v) is 7.03. The molecule has 0 fully saturated rings. The van der Waals surface area contributed by atoms with Gasteiger partial charge in [-0.15, -0.1) is 0 Å². The van der Waals surface area contributed by atoms with Crippen molar-refractivity contribution in [2.45, 2.75) is 6.54 Å². The summed E-state index contributed by atoms with van der Waals surface area (Å²) in [6.45, 7) is 0.216. The van der Waals surface area contributed by atoms with Gasteiger partial charge in [0.1, 0.15) is 0 Å². The summed E-state index contributed by atoms with van der Waals surface area (Å²) in [6.07, 6.45) is 2.98. The molecule has 6 heteroatoms. The number of nitrogens with one attached hydrogen (secondary N) is 1. The third-order valence-corrected chi connectivity index (χ3v) is 1.35. The quantitative estimate of drug-likeness (QED) is 0.544. The summed E-state index contributed by atoms with van der Waals surface area (Å²) in [4.78, 5) is 18.7. The average Bonchev–Trinajstić information content (AvgIpc) is 2.18. The zero-order valence-electron chi connectivity index (χ0n) is 7.03. The van der Waals surface area contributed by atoms with E-state index >= 15 is 0 Å². The molecule has 0 saturated heterocycles. The Bertz CT molecular complexity index is 301. The van der Waals surface area contributed by atoms with Crippen molar-refractivity contribution in [2.75, 3.05) is 11.9 Å². The number of amides is 1. The predicted molar refractivity (Wildman–Crippen MR) is 47.6 cm³/mol. The smallest absolute Gasteiger partial charge is 0.239 e. The molecule has 0 spiro atoms. The highest BCUT2D eigenvalue weighted by molar-refractivity contribution is 5.90. The molecule has 0 radical (unpaired) electrons. The fourth-order valence-corrected chi connectivity index (χ4v) is 0.759. The number of carbonyl (C=O) groups is 1. The Hall–Kier alpha value is -1.53. The van der Waals surface area contributed by atoms with E-state index in [0.29, 0.717) is 18.1 Å². The first-order valence-electron chi connectivity index (χ1n) is 3.77. The summed E-state index contributed by atoms with van der Waals surface area (Å²) >= 11 is 0. The number of anilines is 1. The first kappa shape index (κ1) is 9.56. The third kappa shape index (κ3) is 2.77. The lowest BCUT2D eigenvalue weighted by Gasteiger charge is -2.02. The Morgan fingerprint density at radius 2 is 2.23 bits per heavy atom. The second kappa shape index (κ2) is 4.48. The molecule has 0 aliphatic heterocycles. The number of nitrogens with two attached hydrogens (primary N) is 2. The van der Waals surface area contributed by atoms with E-state index in [1.807, 2.05) is 0 Å². The minimum absolute atomic E-state index is 0.0749. The van der Waals surface area contributed by atoms with Crippen LogP contribution in [0.1, 0.15) is 5.69 Å². The molecule has 0 aliphatic rings. The highest BCUT2D eigenvalue weighted by Gasteiger charge is 2.00. The van der Waals surface area contributed by atoms with Gasteiger partial charge < -0.3 is 16.8 Å². The van der Waals surface area contributed by atoms with Crippen LogP contribution in [0, 0.1) is 0 Å². The van der Waals surface area contributed by atoms with Crippen LogP contribution in [0.25, 0.3) is 0 Å². The number of carbonyl (C=O) groups excluding carboxylic acids is 1. The van der Waals surface area contributed by atoms with Crippen molar-refractivity contribution in [3.63, 3.8) is 0 Å². The summed E-state index contributed by atoms with van der Waals surface area (Å²) in [5.74, 6) is 0.0712. The highest BCUT2D eigenvalue weighted by atomic mass is 16.1. The van der Waals surface area contributed by atoms with Gasteiger partial charge in [0.25, 0.3) is 0 Å². The summed E-state index contributed by atoms with van der Waals surface area (Å²) in [5, 5.41) is 2.47. The van der Waals surface area contributed by atoms with Crippen LogP contribution in [0.4, 0.5) is 5.82 Å².